The zero-order chi connectivity index (χ0) is 21.8. The van der Waals surface area contributed by atoms with Gasteiger partial charge in [-0.3, -0.25) is 9.48 Å². The molecule has 1 unspecified atom stereocenters. The van der Waals surface area contributed by atoms with Crippen molar-refractivity contribution in [3.05, 3.63) is 83.9 Å². The number of carbonyl (C=O) groups excluding carboxylic acids is 1. The molecule has 2 heterocycles. The highest BCUT2D eigenvalue weighted by Gasteiger charge is 2.39. The lowest BCUT2D eigenvalue weighted by Crippen LogP contribution is -2.45. The summed E-state index contributed by atoms with van der Waals surface area (Å²) in [6.07, 6.45) is 4.61. The topological polar surface area (TPSA) is 84.3 Å². The van der Waals surface area contributed by atoms with E-state index in [0.717, 1.165) is 23.3 Å². The Morgan fingerprint density at radius 3 is 2.55 bits per heavy atom. The molecule has 31 heavy (non-hydrogen) atoms. The molecule has 162 valence electrons. The van der Waals surface area contributed by atoms with Crippen molar-refractivity contribution in [1.82, 2.24) is 19.4 Å². The molecular weight excluding hydrogens is 419 g/mol. The minimum Gasteiger partial charge on any atom is -0.351 e. The van der Waals surface area contributed by atoms with E-state index in [1.165, 1.54) is 16.4 Å². The number of nitrogens with one attached hydrogen (secondary N) is 1. The average molecular weight is 443 g/mol. The predicted molar refractivity (Wildman–Crippen MR) is 113 cm³/mol. The third kappa shape index (κ3) is 4.67. The largest absolute Gasteiger partial charge is 0.351 e. The van der Waals surface area contributed by atoms with Crippen LogP contribution in [0.1, 0.15) is 24.0 Å². The molecule has 0 bridgehead atoms. The number of hydrogen-bond donors (Lipinski definition) is 1. The molecule has 1 aliphatic rings. The quantitative estimate of drug-likeness (QED) is 0.610. The van der Waals surface area contributed by atoms with E-state index in [1.54, 1.807) is 10.9 Å². The van der Waals surface area contributed by atoms with Crippen LogP contribution in [0.15, 0.2) is 71.9 Å². The molecule has 0 aliphatic carbocycles. The number of aromatic nitrogens is 2. The summed E-state index contributed by atoms with van der Waals surface area (Å²) in [6, 6.07) is 13.5. The van der Waals surface area contributed by atoms with Gasteiger partial charge >= 0.3 is 0 Å². The first-order valence-electron chi connectivity index (χ1n) is 10.0. The van der Waals surface area contributed by atoms with Gasteiger partial charge < -0.3 is 5.32 Å². The first kappa shape index (κ1) is 21.2. The van der Waals surface area contributed by atoms with Crippen LogP contribution in [0, 0.1) is 5.82 Å². The normalized spacial score (nSPS) is 17.0. The minimum absolute atomic E-state index is 0.0156. The lowest BCUT2D eigenvalue weighted by Gasteiger charge is -2.23. The molecule has 0 spiro atoms. The number of sulfonamides is 1. The molecule has 1 N–H and O–H groups in total. The van der Waals surface area contributed by atoms with Crippen LogP contribution in [0.3, 0.4) is 0 Å². The van der Waals surface area contributed by atoms with Gasteiger partial charge in [-0.05, 0) is 54.3 Å². The van der Waals surface area contributed by atoms with E-state index >= 15 is 0 Å². The van der Waals surface area contributed by atoms with Gasteiger partial charge in [0.2, 0.25) is 15.9 Å². The van der Waals surface area contributed by atoms with Crippen LogP contribution >= 0.6 is 0 Å². The van der Waals surface area contributed by atoms with E-state index in [2.05, 4.69) is 10.4 Å². The Balaban J connectivity index is 1.46. The van der Waals surface area contributed by atoms with E-state index in [1.807, 2.05) is 36.5 Å². The van der Waals surface area contributed by atoms with Gasteiger partial charge in [0.05, 0.1) is 11.4 Å². The van der Waals surface area contributed by atoms with E-state index in [-0.39, 0.29) is 23.9 Å². The SMILES string of the molecule is O=C(NCc1ccccc1Cn1cccn1)C1CCCN1S(=O)(=O)c1ccc(F)cc1. The van der Waals surface area contributed by atoms with Crippen LogP contribution < -0.4 is 5.32 Å². The Hall–Kier alpha value is -3.04. The first-order chi connectivity index (χ1) is 14.9. The van der Waals surface area contributed by atoms with Crippen molar-refractivity contribution >= 4 is 15.9 Å². The average Bonchev–Trinajstić information content (AvgIpc) is 3.46. The molecule has 4 rings (SSSR count). The smallest absolute Gasteiger partial charge is 0.243 e. The summed E-state index contributed by atoms with van der Waals surface area (Å²) in [5.74, 6) is -0.847. The highest BCUT2D eigenvalue weighted by atomic mass is 32.2. The second-order valence-corrected chi connectivity index (χ2v) is 9.31. The number of halogens is 1. The summed E-state index contributed by atoms with van der Waals surface area (Å²) in [7, 11) is -3.88. The third-order valence-electron chi connectivity index (χ3n) is 5.39. The number of amides is 1. The summed E-state index contributed by atoms with van der Waals surface area (Å²) in [5.41, 5.74) is 1.96. The van der Waals surface area contributed by atoms with Crippen molar-refractivity contribution in [2.75, 3.05) is 6.54 Å². The Kier molecular flexibility index (Phi) is 6.15. The molecule has 0 saturated carbocycles. The molecule has 0 radical (unpaired) electrons. The van der Waals surface area contributed by atoms with Gasteiger partial charge in [0.1, 0.15) is 11.9 Å². The lowest BCUT2D eigenvalue weighted by atomic mass is 10.1. The number of hydrogen-bond acceptors (Lipinski definition) is 4. The zero-order valence-corrected chi connectivity index (χ0v) is 17.6. The van der Waals surface area contributed by atoms with Crippen LogP contribution in [0.2, 0.25) is 0 Å². The van der Waals surface area contributed by atoms with E-state index in [9.17, 15) is 17.6 Å². The summed E-state index contributed by atoms with van der Waals surface area (Å²) in [4.78, 5) is 12.9. The van der Waals surface area contributed by atoms with Crippen molar-refractivity contribution in [1.29, 1.82) is 0 Å². The summed E-state index contributed by atoms with van der Waals surface area (Å²) < 4.78 is 42.2. The third-order valence-corrected chi connectivity index (χ3v) is 7.31. The van der Waals surface area contributed by atoms with Crippen molar-refractivity contribution in [2.45, 2.75) is 36.9 Å². The monoisotopic (exact) mass is 442 g/mol. The predicted octanol–water partition coefficient (Wildman–Crippen LogP) is 2.54. The summed E-state index contributed by atoms with van der Waals surface area (Å²) >= 11 is 0. The zero-order valence-electron chi connectivity index (χ0n) is 16.8. The van der Waals surface area contributed by atoms with Gasteiger partial charge in [-0.25, -0.2) is 12.8 Å². The molecule has 1 amide bonds. The highest BCUT2D eigenvalue weighted by molar-refractivity contribution is 7.89. The standard InChI is InChI=1S/C22H23FN4O3S/c23-19-8-10-20(11-9-19)31(29,30)27-14-3-7-21(27)22(28)24-15-17-5-1-2-6-18(17)16-26-13-4-12-25-26/h1-2,4-6,8-13,21H,3,7,14-16H2,(H,24,28). The number of benzene rings is 2. The Bertz CT molecular complexity index is 1150. The van der Waals surface area contributed by atoms with Gasteiger partial charge in [0.25, 0.3) is 0 Å². The Labute approximate surface area is 180 Å². The van der Waals surface area contributed by atoms with Crippen molar-refractivity contribution in [2.24, 2.45) is 0 Å². The van der Waals surface area contributed by atoms with Gasteiger partial charge in [-0.15, -0.1) is 0 Å². The fourth-order valence-corrected chi connectivity index (χ4v) is 5.44. The van der Waals surface area contributed by atoms with Crippen LogP contribution in [0.4, 0.5) is 4.39 Å². The molecule has 1 aromatic heterocycles. The number of nitrogens with zero attached hydrogens (tertiary/aromatic N) is 3. The molecule has 2 aromatic carbocycles. The maximum Gasteiger partial charge on any atom is 0.243 e. The fourth-order valence-electron chi connectivity index (χ4n) is 3.78. The molecular formula is C22H23FN4O3S. The summed E-state index contributed by atoms with van der Waals surface area (Å²) in [6.45, 7) is 1.12. The van der Waals surface area contributed by atoms with Gasteiger partial charge in [0, 0.05) is 25.5 Å². The highest BCUT2D eigenvalue weighted by Crippen LogP contribution is 2.26. The minimum atomic E-state index is -3.88. The molecule has 9 heteroatoms. The lowest BCUT2D eigenvalue weighted by molar-refractivity contribution is -0.124. The fraction of sp³-hybridized carbons (Fsp3) is 0.273. The number of carbonyl (C=O) groups is 1. The van der Waals surface area contributed by atoms with Crippen molar-refractivity contribution in [3.63, 3.8) is 0 Å². The second kappa shape index (κ2) is 8.99. The number of rotatable bonds is 7. The molecule has 1 atom stereocenters. The van der Waals surface area contributed by atoms with Crippen LogP contribution in [-0.2, 0) is 27.9 Å². The molecule has 3 aromatic rings. The van der Waals surface area contributed by atoms with E-state index < -0.39 is 21.9 Å². The maximum absolute atomic E-state index is 13.2. The van der Waals surface area contributed by atoms with E-state index in [0.29, 0.717) is 19.4 Å². The van der Waals surface area contributed by atoms with Crippen LogP contribution in [0.25, 0.3) is 0 Å². The van der Waals surface area contributed by atoms with Gasteiger partial charge in [-0.2, -0.15) is 9.40 Å². The summed E-state index contributed by atoms with van der Waals surface area (Å²) in [5, 5.41) is 7.10. The molecule has 1 fully saturated rings. The van der Waals surface area contributed by atoms with Crippen LogP contribution in [0.5, 0.6) is 0 Å². The van der Waals surface area contributed by atoms with Crippen molar-refractivity contribution in [3.8, 4) is 0 Å². The van der Waals surface area contributed by atoms with Gasteiger partial charge in [0.15, 0.2) is 0 Å². The molecule has 7 nitrogen and oxygen atoms in total. The Morgan fingerprint density at radius 1 is 1.10 bits per heavy atom. The Morgan fingerprint density at radius 2 is 1.84 bits per heavy atom. The molecule has 1 saturated heterocycles. The van der Waals surface area contributed by atoms with E-state index in [4.69, 9.17) is 0 Å². The van der Waals surface area contributed by atoms with Gasteiger partial charge in [-0.1, -0.05) is 24.3 Å². The van der Waals surface area contributed by atoms with Crippen molar-refractivity contribution < 1.29 is 17.6 Å². The first-order valence-corrected chi connectivity index (χ1v) is 11.5. The molecule has 1 aliphatic heterocycles. The second-order valence-electron chi connectivity index (χ2n) is 7.42. The maximum atomic E-state index is 13.2. The van der Waals surface area contributed by atoms with Crippen LogP contribution in [-0.4, -0.2) is 41.0 Å².